The number of aromatic nitrogens is 3. The van der Waals surface area contributed by atoms with Crippen LogP contribution in [0.3, 0.4) is 0 Å². The van der Waals surface area contributed by atoms with Gasteiger partial charge in [-0.05, 0) is 31.4 Å². The third-order valence-electron chi connectivity index (χ3n) is 6.17. The minimum atomic E-state index is -0.355. The Morgan fingerprint density at radius 2 is 2.00 bits per heavy atom. The summed E-state index contributed by atoms with van der Waals surface area (Å²) in [4.78, 5) is 26.6. The van der Waals surface area contributed by atoms with E-state index in [1.54, 1.807) is 6.08 Å². The minimum absolute atomic E-state index is 0.0326. The third kappa shape index (κ3) is 4.13. The number of carbonyl (C=O) groups excluding carboxylic acids is 2. The van der Waals surface area contributed by atoms with E-state index >= 15 is 0 Å². The molecule has 1 aliphatic heterocycles. The molecule has 7 nitrogen and oxygen atoms in total. The van der Waals surface area contributed by atoms with Crippen LogP contribution < -0.4 is 10.6 Å². The average molecular weight is 440 g/mol. The van der Waals surface area contributed by atoms with E-state index in [0.29, 0.717) is 17.6 Å². The molecule has 2 heterocycles. The Labute approximate surface area is 187 Å². The van der Waals surface area contributed by atoms with Crippen LogP contribution in [0, 0.1) is 0 Å². The van der Waals surface area contributed by atoms with E-state index in [-0.39, 0.29) is 28.8 Å². The molecule has 164 valence electrons. The Bertz CT molecular complexity index is 1050. The summed E-state index contributed by atoms with van der Waals surface area (Å²) in [5.41, 5.74) is 8.44. The van der Waals surface area contributed by atoms with Gasteiger partial charge in [-0.15, -0.1) is 10.2 Å². The van der Waals surface area contributed by atoms with Gasteiger partial charge in [0.25, 0.3) is 0 Å². The van der Waals surface area contributed by atoms with Crippen molar-refractivity contribution in [3.63, 3.8) is 0 Å². The normalized spacial score (nSPS) is 19.5. The van der Waals surface area contributed by atoms with Crippen molar-refractivity contribution in [1.82, 2.24) is 14.8 Å². The zero-order valence-corrected chi connectivity index (χ0v) is 19.3. The first-order valence-corrected chi connectivity index (χ1v) is 11.6. The second kappa shape index (κ2) is 8.15. The van der Waals surface area contributed by atoms with Crippen LogP contribution in [0.5, 0.6) is 0 Å². The van der Waals surface area contributed by atoms with Crippen LogP contribution in [0.15, 0.2) is 41.2 Å². The summed E-state index contributed by atoms with van der Waals surface area (Å²) in [6, 6.07) is 8.26. The lowest BCUT2D eigenvalue weighted by molar-refractivity contribution is -0.118. The number of anilines is 1. The second-order valence-electron chi connectivity index (χ2n) is 8.88. The number of hydrogen-bond acceptors (Lipinski definition) is 6. The van der Waals surface area contributed by atoms with Gasteiger partial charge >= 0.3 is 0 Å². The molecular weight excluding hydrogens is 410 g/mol. The molecule has 1 aliphatic carbocycles. The Balaban J connectivity index is 1.54. The molecule has 1 amide bonds. The lowest BCUT2D eigenvalue weighted by atomic mass is 9.83. The molecule has 2 N–H and O–H groups in total. The number of para-hydroxylation sites is 1. The molecule has 1 aromatic heterocycles. The lowest BCUT2D eigenvalue weighted by Gasteiger charge is -2.24. The van der Waals surface area contributed by atoms with Gasteiger partial charge in [-0.2, -0.15) is 0 Å². The topological polar surface area (TPSA) is 94.1 Å². The number of benzene rings is 1. The highest BCUT2D eigenvalue weighted by molar-refractivity contribution is 8.00. The maximum atomic E-state index is 13.2. The first-order chi connectivity index (χ1) is 14.7. The molecule has 0 bridgehead atoms. The van der Waals surface area contributed by atoms with Crippen LogP contribution in [-0.2, 0) is 21.5 Å². The highest BCUT2D eigenvalue weighted by Gasteiger charge is 2.39. The fourth-order valence-electron chi connectivity index (χ4n) is 4.19. The number of nitrogens with zero attached hydrogens (tertiary/aromatic N) is 4. The number of nitrogens with two attached hydrogens (primary N) is 1. The van der Waals surface area contributed by atoms with E-state index in [1.165, 1.54) is 17.3 Å². The number of amides is 1. The van der Waals surface area contributed by atoms with Crippen LogP contribution in [0.2, 0.25) is 0 Å². The monoisotopic (exact) mass is 439 g/mol. The number of likely N-dealkylation sites (N-methyl/N-ethyl adjacent to an activating group) is 1. The van der Waals surface area contributed by atoms with Gasteiger partial charge in [0.2, 0.25) is 5.91 Å². The number of ketones is 1. The summed E-state index contributed by atoms with van der Waals surface area (Å²) in [6.07, 6.45) is 4.17. The Morgan fingerprint density at radius 1 is 1.29 bits per heavy atom. The molecule has 2 aliphatic rings. The Kier molecular flexibility index (Phi) is 5.68. The van der Waals surface area contributed by atoms with E-state index in [0.717, 1.165) is 30.1 Å². The molecule has 1 unspecified atom stereocenters. The van der Waals surface area contributed by atoms with Crippen molar-refractivity contribution >= 4 is 29.1 Å². The standard InChI is InChI=1S/C23H29N5O2S/c1-14(31-22-26-25-21(15-9-10-15)28(22)12-11-20(24)30)18(29)13-19-23(2,3)16-7-5-6-8-17(16)27(19)4/h5-8,13-15H,9-12H2,1-4H3,(H2,24,30)/b19-13+. The molecule has 0 radical (unpaired) electrons. The molecule has 0 saturated heterocycles. The van der Waals surface area contributed by atoms with Gasteiger partial charge in [-0.1, -0.05) is 43.8 Å². The molecule has 1 aromatic carbocycles. The molecule has 1 fully saturated rings. The fraction of sp³-hybridized carbons (Fsp3) is 0.478. The van der Waals surface area contributed by atoms with Crippen LogP contribution >= 0.6 is 11.8 Å². The molecule has 0 spiro atoms. The SMILES string of the molecule is CC(Sc1nnc(C2CC2)n1CCC(N)=O)C(=O)/C=C1/N(C)c2ccccc2C1(C)C. The number of allylic oxidation sites excluding steroid dienone is 2. The maximum Gasteiger partial charge on any atom is 0.219 e. The summed E-state index contributed by atoms with van der Waals surface area (Å²) in [5, 5.41) is 9.01. The number of primary amides is 1. The predicted octanol–water partition coefficient (Wildman–Crippen LogP) is 3.39. The van der Waals surface area contributed by atoms with Crippen molar-refractivity contribution in [2.75, 3.05) is 11.9 Å². The van der Waals surface area contributed by atoms with Crippen molar-refractivity contribution in [1.29, 1.82) is 0 Å². The van der Waals surface area contributed by atoms with E-state index in [1.807, 2.05) is 30.7 Å². The summed E-state index contributed by atoms with van der Waals surface area (Å²) in [5.74, 6) is 0.972. The van der Waals surface area contributed by atoms with Crippen molar-refractivity contribution in [3.8, 4) is 0 Å². The number of carbonyl (C=O) groups is 2. The molecule has 2 aromatic rings. The lowest BCUT2D eigenvalue weighted by Crippen LogP contribution is -2.25. The van der Waals surface area contributed by atoms with Gasteiger partial charge in [0, 0.05) is 48.8 Å². The van der Waals surface area contributed by atoms with Crippen molar-refractivity contribution in [2.45, 2.75) is 68.3 Å². The van der Waals surface area contributed by atoms with Gasteiger partial charge in [-0.3, -0.25) is 9.59 Å². The van der Waals surface area contributed by atoms with Crippen molar-refractivity contribution in [3.05, 3.63) is 47.4 Å². The number of rotatable bonds is 8. The number of thioether (sulfide) groups is 1. The van der Waals surface area contributed by atoms with Crippen LogP contribution in [0.4, 0.5) is 5.69 Å². The highest BCUT2D eigenvalue weighted by atomic mass is 32.2. The molecule has 1 saturated carbocycles. The summed E-state index contributed by atoms with van der Waals surface area (Å²) < 4.78 is 1.96. The van der Waals surface area contributed by atoms with Gasteiger partial charge in [0.1, 0.15) is 5.82 Å². The van der Waals surface area contributed by atoms with Crippen LogP contribution in [0.1, 0.15) is 57.3 Å². The molecule has 31 heavy (non-hydrogen) atoms. The third-order valence-corrected chi connectivity index (χ3v) is 7.27. The van der Waals surface area contributed by atoms with E-state index < -0.39 is 0 Å². The van der Waals surface area contributed by atoms with E-state index in [4.69, 9.17) is 5.73 Å². The van der Waals surface area contributed by atoms with Crippen LogP contribution in [0.25, 0.3) is 0 Å². The van der Waals surface area contributed by atoms with Crippen LogP contribution in [-0.4, -0.2) is 38.8 Å². The summed E-state index contributed by atoms with van der Waals surface area (Å²) >= 11 is 1.39. The maximum absolute atomic E-state index is 13.2. The summed E-state index contributed by atoms with van der Waals surface area (Å²) in [6.45, 7) is 6.63. The molecular formula is C23H29N5O2S. The molecule has 4 rings (SSSR count). The largest absolute Gasteiger partial charge is 0.370 e. The van der Waals surface area contributed by atoms with Gasteiger partial charge in [0.15, 0.2) is 10.9 Å². The van der Waals surface area contributed by atoms with Gasteiger partial charge in [-0.25, -0.2) is 0 Å². The quantitative estimate of drug-likeness (QED) is 0.500. The fourth-order valence-corrected chi connectivity index (χ4v) is 5.09. The first kappa shape index (κ1) is 21.6. The van der Waals surface area contributed by atoms with Gasteiger partial charge < -0.3 is 15.2 Å². The first-order valence-electron chi connectivity index (χ1n) is 10.7. The second-order valence-corrected chi connectivity index (χ2v) is 10.2. The summed E-state index contributed by atoms with van der Waals surface area (Å²) in [7, 11) is 2.01. The predicted molar refractivity (Wildman–Crippen MR) is 122 cm³/mol. The number of hydrogen-bond donors (Lipinski definition) is 1. The van der Waals surface area contributed by atoms with E-state index in [9.17, 15) is 9.59 Å². The van der Waals surface area contributed by atoms with Gasteiger partial charge in [0.05, 0.1) is 5.25 Å². The Morgan fingerprint density at radius 3 is 2.65 bits per heavy atom. The van der Waals surface area contributed by atoms with E-state index in [2.05, 4.69) is 41.1 Å². The minimum Gasteiger partial charge on any atom is -0.370 e. The zero-order chi connectivity index (χ0) is 22.3. The average Bonchev–Trinajstić information content (AvgIpc) is 3.47. The smallest absolute Gasteiger partial charge is 0.219 e. The van der Waals surface area contributed by atoms with Crippen molar-refractivity contribution in [2.24, 2.45) is 5.73 Å². The molecule has 1 atom stereocenters. The van der Waals surface area contributed by atoms with Crippen molar-refractivity contribution < 1.29 is 9.59 Å². The number of fused-ring (bicyclic) bond motifs is 1. The Hall–Kier alpha value is -2.61. The zero-order valence-electron chi connectivity index (χ0n) is 18.5. The highest BCUT2D eigenvalue weighted by Crippen LogP contribution is 2.46. The molecule has 8 heteroatoms.